The summed E-state index contributed by atoms with van der Waals surface area (Å²) in [5.41, 5.74) is 5.30. The Morgan fingerprint density at radius 3 is 2.46 bits per heavy atom. The van der Waals surface area contributed by atoms with Crippen molar-refractivity contribution in [1.82, 2.24) is 9.88 Å². The Kier molecular flexibility index (Phi) is 6.14. The highest BCUT2D eigenvalue weighted by Crippen LogP contribution is 2.18. The number of para-hydroxylation sites is 1. The second-order valence-electron chi connectivity index (χ2n) is 7.29. The van der Waals surface area contributed by atoms with Gasteiger partial charge in [0, 0.05) is 49.2 Å². The van der Waals surface area contributed by atoms with E-state index in [1.165, 1.54) is 10.9 Å². The lowest BCUT2D eigenvalue weighted by Gasteiger charge is -2.20. The first-order valence-electron chi connectivity index (χ1n) is 9.61. The molecule has 2 aromatic carbocycles. The Morgan fingerprint density at radius 2 is 1.75 bits per heavy atom. The first-order chi connectivity index (χ1) is 13.4. The lowest BCUT2D eigenvalue weighted by atomic mass is 10.1. The van der Waals surface area contributed by atoms with E-state index in [9.17, 15) is 9.59 Å². The fraction of sp³-hybridized carbons (Fsp3) is 0.304. The van der Waals surface area contributed by atoms with Crippen LogP contribution < -0.4 is 5.32 Å². The number of H-pyrrole nitrogens is 1. The molecule has 5 nitrogen and oxygen atoms in total. The topological polar surface area (TPSA) is 65.2 Å². The predicted octanol–water partition coefficient (Wildman–Crippen LogP) is 4.20. The second kappa shape index (κ2) is 8.74. The van der Waals surface area contributed by atoms with Crippen LogP contribution in [-0.4, -0.2) is 34.8 Å². The zero-order chi connectivity index (χ0) is 20.1. The zero-order valence-electron chi connectivity index (χ0n) is 16.7. The molecule has 0 bridgehead atoms. The van der Waals surface area contributed by atoms with Crippen molar-refractivity contribution in [2.75, 3.05) is 18.4 Å². The van der Waals surface area contributed by atoms with Gasteiger partial charge in [-0.2, -0.15) is 0 Å². The Morgan fingerprint density at radius 1 is 1.04 bits per heavy atom. The number of aromatic amines is 1. The molecule has 0 aliphatic heterocycles. The predicted molar refractivity (Wildman–Crippen MR) is 113 cm³/mol. The average Bonchev–Trinajstić information content (AvgIpc) is 3.03. The van der Waals surface area contributed by atoms with E-state index < -0.39 is 0 Å². The number of hydrogen-bond donors (Lipinski definition) is 2. The SMILES string of the molecule is CC(=O)N(CCC(=O)Nc1cc(C)cc(C)c1)CCc1c[nH]c2ccccc12. The van der Waals surface area contributed by atoms with E-state index in [1.807, 2.05) is 50.4 Å². The number of nitrogens with zero attached hydrogens (tertiary/aromatic N) is 1. The molecule has 5 heteroatoms. The van der Waals surface area contributed by atoms with Crippen LogP contribution in [-0.2, 0) is 16.0 Å². The first-order valence-corrected chi connectivity index (χ1v) is 9.61. The van der Waals surface area contributed by atoms with Gasteiger partial charge in [0.05, 0.1) is 0 Å². The summed E-state index contributed by atoms with van der Waals surface area (Å²) in [4.78, 5) is 29.3. The van der Waals surface area contributed by atoms with Gasteiger partial charge in [0.2, 0.25) is 11.8 Å². The summed E-state index contributed by atoms with van der Waals surface area (Å²) >= 11 is 0. The summed E-state index contributed by atoms with van der Waals surface area (Å²) < 4.78 is 0. The molecule has 146 valence electrons. The molecule has 0 atom stereocenters. The Bertz CT molecular complexity index is 970. The highest BCUT2D eigenvalue weighted by Gasteiger charge is 2.13. The summed E-state index contributed by atoms with van der Waals surface area (Å²) in [7, 11) is 0. The summed E-state index contributed by atoms with van der Waals surface area (Å²) in [5.74, 6) is -0.0950. The van der Waals surface area contributed by atoms with Gasteiger partial charge in [-0.25, -0.2) is 0 Å². The van der Waals surface area contributed by atoms with Crippen LogP contribution in [0.5, 0.6) is 0 Å². The van der Waals surface area contributed by atoms with Crippen molar-refractivity contribution in [2.24, 2.45) is 0 Å². The van der Waals surface area contributed by atoms with Crippen LogP contribution in [0.4, 0.5) is 5.69 Å². The first kappa shape index (κ1) is 19.7. The molecule has 0 radical (unpaired) electrons. The van der Waals surface area contributed by atoms with E-state index in [0.29, 0.717) is 13.1 Å². The Balaban J connectivity index is 1.55. The van der Waals surface area contributed by atoms with Crippen molar-refractivity contribution in [3.63, 3.8) is 0 Å². The molecular formula is C23H27N3O2. The van der Waals surface area contributed by atoms with E-state index in [1.54, 1.807) is 11.8 Å². The van der Waals surface area contributed by atoms with Crippen molar-refractivity contribution in [1.29, 1.82) is 0 Å². The lowest BCUT2D eigenvalue weighted by molar-refractivity contribution is -0.129. The number of amides is 2. The molecular weight excluding hydrogens is 350 g/mol. The molecule has 3 aromatic rings. The molecule has 2 amide bonds. The number of aromatic nitrogens is 1. The van der Waals surface area contributed by atoms with Crippen molar-refractivity contribution < 1.29 is 9.59 Å². The van der Waals surface area contributed by atoms with Gasteiger partial charge in [-0.15, -0.1) is 0 Å². The zero-order valence-corrected chi connectivity index (χ0v) is 16.7. The second-order valence-corrected chi connectivity index (χ2v) is 7.29. The molecule has 0 fully saturated rings. The fourth-order valence-corrected chi connectivity index (χ4v) is 3.53. The van der Waals surface area contributed by atoms with Gasteiger partial charge in [-0.1, -0.05) is 24.3 Å². The third-order valence-corrected chi connectivity index (χ3v) is 4.89. The quantitative estimate of drug-likeness (QED) is 0.648. The minimum absolute atomic E-state index is 0.0148. The summed E-state index contributed by atoms with van der Waals surface area (Å²) in [6.45, 7) is 6.56. The Hall–Kier alpha value is -3.08. The number of rotatable bonds is 7. The van der Waals surface area contributed by atoms with Gasteiger partial charge in [-0.05, 0) is 55.2 Å². The highest BCUT2D eigenvalue weighted by molar-refractivity contribution is 5.91. The molecule has 2 N–H and O–H groups in total. The molecule has 3 rings (SSSR count). The van der Waals surface area contributed by atoms with Gasteiger partial charge < -0.3 is 15.2 Å². The van der Waals surface area contributed by atoms with Gasteiger partial charge in [-0.3, -0.25) is 9.59 Å². The van der Waals surface area contributed by atoms with E-state index in [4.69, 9.17) is 0 Å². The maximum Gasteiger partial charge on any atom is 0.226 e. The lowest BCUT2D eigenvalue weighted by Crippen LogP contribution is -2.33. The number of carbonyl (C=O) groups is 2. The van der Waals surface area contributed by atoms with Crippen molar-refractivity contribution in [3.8, 4) is 0 Å². The Labute approximate surface area is 165 Å². The minimum Gasteiger partial charge on any atom is -0.361 e. The van der Waals surface area contributed by atoms with E-state index in [2.05, 4.69) is 22.4 Å². The highest BCUT2D eigenvalue weighted by atomic mass is 16.2. The van der Waals surface area contributed by atoms with Crippen LogP contribution >= 0.6 is 0 Å². The van der Waals surface area contributed by atoms with Crippen LogP contribution in [0.3, 0.4) is 0 Å². The molecule has 0 aliphatic rings. The smallest absolute Gasteiger partial charge is 0.226 e. The standard InChI is InChI=1S/C23H27N3O2/c1-16-12-17(2)14-20(13-16)25-23(28)9-11-26(18(3)27)10-8-19-15-24-22-7-5-4-6-21(19)22/h4-7,12-15,24H,8-11H2,1-3H3,(H,25,28). The largest absolute Gasteiger partial charge is 0.361 e. The molecule has 28 heavy (non-hydrogen) atoms. The molecule has 0 spiro atoms. The van der Waals surface area contributed by atoms with E-state index in [-0.39, 0.29) is 18.2 Å². The molecule has 1 heterocycles. The fourth-order valence-electron chi connectivity index (χ4n) is 3.53. The van der Waals surface area contributed by atoms with Crippen molar-refractivity contribution in [3.05, 3.63) is 65.4 Å². The van der Waals surface area contributed by atoms with Crippen LogP contribution in [0.15, 0.2) is 48.7 Å². The normalized spacial score (nSPS) is 10.8. The average molecular weight is 377 g/mol. The third-order valence-electron chi connectivity index (χ3n) is 4.89. The van der Waals surface area contributed by atoms with Crippen LogP contribution in [0.1, 0.15) is 30.0 Å². The molecule has 0 unspecified atom stereocenters. The summed E-state index contributed by atoms with van der Waals surface area (Å²) in [5, 5.41) is 4.11. The summed E-state index contributed by atoms with van der Waals surface area (Å²) in [6, 6.07) is 14.1. The molecule has 1 aromatic heterocycles. The number of benzene rings is 2. The van der Waals surface area contributed by atoms with Gasteiger partial charge in [0.25, 0.3) is 0 Å². The maximum atomic E-state index is 12.3. The molecule has 0 saturated carbocycles. The number of nitrogens with one attached hydrogen (secondary N) is 2. The van der Waals surface area contributed by atoms with Crippen LogP contribution in [0.2, 0.25) is 0 Å². The van der Waals surface area contributed by atoms with E-state index >= 15 is 0 Å². The maximum absolute atomic E-state index is 12.3. The molecule has 0 aliphatic carbocycles. The van der Waals surface area contributed by atoms with Crippen LogP contribution in [0.25, 0.3) is 10.9 Å². The number of hydrogen-bond acceptors (Lipinski definition) is 2. The number of fused-ring (bicyclic) bond motifs is 1. The van der Waals surface area contributed by atoms with Crippen LogP contribution in [0, 0.1) is 13.8 Å². The van der Waals surface area contributed by atoms with Crippen molar-refractivity contribution >= 4 is 28.4 Å². The monoisotopic (exact) mass is 377 g/mol. The van der Waals surface area contributed by atoms with Gasteiger partial charge in [0.1, 0.15) is 0 Å². The van der Waals surface area contributed by atoms with Gasteiger partial charge in [0.15, 0.2) is 0 Å². The van der Waals surface area contributed by atoms with Gasteiger partial charge >= 0.3 is 0 Å². The van der Waals surface area contributed by atoms with E-state index in [0.717, 1.165) is 28.8 Å². The number of anilines is 1. The number of carbonyl (C=O) groups excluding carboxylic acids is 2. The third kappa shape index (κ3) is 5.00. The minimum atomic E-state index is -0.0802. The summed E-state index contributed by atoms with van der Waals surface area (Å²) in [6.07, 6.45) is 3.03. The molecule has 0 saturated heterocycles. The number of aryl methyl sites for hydroxylation is 2. The van der Waals surface area contributed by atoms with Crippen molar-refractivity contribution in [2.45, 2.75) is 33.6 Å².